The number of benzene rings is 1. The maximum Gasteiger partial charge on any atom is 0.299 e. The van der Waals surface area contributed by atoms with Crippen molar-refractivity contribution in [1.82, 2.24) is 15.5 Å². The highest BCUT2D eigenvalue weighted by atomic mass is 79.9. The summed E-state index contributed by atoms with van der Waals surface area (Å²) in [5, 5.41) is 12.5. The molecule has 0 spiro atoms. The zero-order valence-electron chi connectivity index (χ0n) is 11.2. The standard InChI is InChI=1S/C13H15BrFN3OS/c1-8(2)6-16-7-12-17-18-13(20-12)19-9-3-4-10(14)11(15)5-9/h3-5,8,16H,6-7H2,1-2H3. The topological polar surface area (TPSA) is 47.0 Å². The lowest BCUT2D eigenvalue weighted by atomic mass is 10.2. The van der Waals surface area contributed by atoms with Gasteiger partial charge in [0.05, 0.1) is 4.47 Å². The number of hydrogen-bond donors (Lipinski definition) is 1. The molecule has 0 aliphatic carbocycles. The van der Waals surface area contributed by atoms with Crippen LogP contribution in [0, 0.1) is 11.7 Å². The molecule has 1 aromatic carbocycles. The van der Waals surface area contributed by atoms with Crippen LogP contribution in [0.5, 0.6) is 10.9 Å². The van der Waals surface area contributed by atoms with Gasteiger partial charge < -0.3 is 10.1 Å². The summed E-state index contributed by atoms with van der Waals surface area (Å²) in [5.41, 5.74) is 0. The van der Waals surface area contributed by atoms with E-state index in [0.29, 0.717) is 27.9 Å². The summed E-state index contributed by atoms with van der Waals surface area (Å²) in [6.07, 6.45) is 0. The van der Waals surface area contributed by atoms with Crippen molar-refractivity contribution >= 4 is 27.3 Å². The second-order valence-corrected chi connectivity index (χ2v) is 6.54. The normalized spacial score (nSPS) is 11.1. The third kappa shape index (κ3) is 4.50. The Morgan fingerprint density at radius 3 is 2.90 bits per heavy atom. The molecule has 4 nitrogen and oxygen atoms in total. The van der Waals surface area contributed by atoms with Gasteiger partial charge in [-0.05, 0) is 40.5 Å². The highest BCUT2D eigenvalue weighted by Crippen LogP contribution is 2.27. The van der Waals surface area contributed by atoms with E-state index in [0.717, 1.165) is 11.6 Å². The Morgan fingerprint density at radius 2 is 2.20 bits per heavy atom. The molecule has 7 heteroatoms. The Kier molecular flexibility index (Phi) is 5.45. The molecule has 108 valence electrons. The van der Waals surface area contributed by atoms with Gasteiger partial charge in [-0.15, -0.1) is 5.10 Å². The minimum absolute atomic E-state index is 0.370. The van der Waals surface area contributed by atoms with E-state index in [1.807, 2.05) is 0 Å². The predicted octanol–water partition coefficient (Wildman–Crippen LogP) is 3.98. The summed E-state index contributed by atoms with van der Waals surface area (Å²) in [5.74, 6) is 0.624. The molecule has 0 aliphatic rings. The summed E-state index contributed by atoms with van der Waals surface area (Å²) in [6, 6.07) is 4.57. The fourth-order valence-corrected chi connectivity index (χ4v) is 2.38. The van der Waals surface area contributed by atoms with E-state index >= 15 is 0 Å². The quantitative estimate of drug-likeness (QED) is 0.847. The summed E-state index contributed by atoms with van der Waals surface area (Å²) in [6.45, 7) is 5.87. The number of nitrogens with one attached hydrogen (secondary N) is 1. The molecule has 0 radical (unpaired) electrons. The lowest BCUT2D eigenvalue weighted by Gasteiger charge is -2.04. The highest BCUT2D eigenvalue weighted by Gasteiger charge is 2.08. The molecule has 0 saturated carbocycles. The van der Waals surface area contributed by atoms with Crippen LogP contribution in [0.2, 0.25) is 0 Å². The minimum atomic E-state index is -0.370. The molecule has 1 N–H and O–H groups in total. The molecule has 2 aromatic rings. The number of aromatic nitrogens is 2. The van der Waals surface area contributed by atoms with Crippen LogP contribution >= 0.6 is 27.3 Å². The van der Waals surface area contributed by atoms with Crippen LogP contribution in [-0.4, -0.2) is 16.7 Å². The van der Waals surface area contributed by atoms with Gasteiger partial charge in [-0.3, -0.25) is 0 Å². The highest BCUT2D eigenvalue weighted by molar-refractivity contribution is 9.10. The van der Waals surface area contributed by atoms with Gasteiger partial charge in [-0.25, -0.2) is 4.39 Å². The van der Waals surface area contributed by atoms with E-state index in [4.69, 9.17) is 4.74 Å². The van der Waals surface area contributed by atoms with E-state index in [1.54, 1.807) is 12.1 Å². The molecule has 1 heterocycles. The average Bonchev–Trinajstić information content (AvgIpc) is 2.81. The first kappa shape index (κ1) is 15.3. The predicted molar refractivity (Wildman–Crippen MR) is 80.6 cm³/mol. The fraction of sp³-hybridized carbons (Fsp3) is 0.385. The van der Waals surface area contributed by atoms with Crippen molar-refractivity contribution in [3.8, 4) is 10.9 Å². The van der Waals surface area contributed by atoms with Crippen LogP contribution in [-0.2, 0) is 6.54 Å². The van der Waals surface area contributed by atoms with Gasteiger partial charge in [-0.1, -0.05) is 30.3 Å². The summed E-state index contributed by atoms with van der Waals surface area (Å²) in [7, 11) is 0. The fourth-order valence-electron chi connectivity index (χ4n) is 1.46. The molecule has 0 fully saturated rings. The van der Waals surface area contributed by atoms with Gasteiger partial charge in [0, 0.05) is 12.6 Å². The van der Waals surface area contributed by atoms with E-state index < -0.39 is 0 Å². The van der Waals surface area contributed by atoms with Gasteiger partial charge in [0.25, 0.3) is 5.19 Å². The van der Waals surface area contributed by atoms with Crippen LogP contribution in [0.15, 0.2) is 22.7 Å². The molecule has 0 saturated heterocycles. The van der Waals surface area contributed by atoms with E-state index in [-0.39, 0.29) is 5.82 Å². The smallest absolute Gasteiger partial charge is 0.299 e. The maximum atomic E-state index is 13.4. The van der Waals surface area contributed by atoms with Crippen molar-refractivity contribution in [2.45, 2.75) is 20.4 Å². The van der Waals surface area contributed by atoms with Gasteiger partial charge in [0.15, 0.2) is 0 Å². The van der Waals surface area contributed by atoms with Crippen molar-refractivity contribution in [3.05, 3.63) is 33.5 Å². The largest absolute Gasteiger partial charge is 0.430 e. The Morgan fingerprint density at radius 1 is 1.40 bits per heavy atom. The summed E-state index contributed by atoms with van der Waals surface area (Å²) >= 11 is 4.44. The van der Waals surface area contributed by atoms with Crippen molar-refractivity contribution in [1.29, 1.82) is 0 Å². The number of halogens is 2. The molecule has 0 amide bonds. The van der Waals surface area contributed by atoms with Gasteiger partial charge >= 0.3 is 0 Å². The van der Waals surface area contributed by atoms with Gasteiger partial charge in [0.2, 0.25) is 0 Å². The lowest BCUT2D eigenvalue weighted by Crippen LogP contribution is -2.18. The van der Waals surface area contributed by atoms with E-state index in [9.17, 15) is 4.39 Å². The van der Waals surface area contributed by atoms with Crippen molar-refractivity contribution in [2.24, 2.45) is 5.92 Å². The molecule has 2 rings (SSSR count). The molecule has 0 aliphatic heterocycles. The third-order valence-electron chi connectivity index (χ3n) is 2.37. The first-order chi connectivity index (χ1) is 9.54. The number of rotatable bonds is 6. The molecule has 20 heavy (non-hydrogen) atoms. The molecular weight excluding hydrogens is 345 g/mol. The van der Waals surface area contributed by atoms with Crippen molar-refractivity contribution in [2.75, 3.05) is 6.54 Å². The van der Waals surface area contributed by atoms with Crippen molar-refractivity contribution < 1.29 is 9.13 Å². The zero-order chi connectivity index (χ0) is 14.5. The van der Waals surface area contributed by atoms with Crippen molar-refractivity contribution in [3.63, 3.8) is 0 Å². The Labute approximate surface area is 129 Å². The number of nitrogens with zero attached hydrogens (tertiary/aromatic N) is 2. The van der Waals surface area contributed by atoms with Crippen LogP contribution in [0.25, 0.3) is 0 Å². The monoisotopic (exact) mass is 359 g/mol. The number of hydrogen-bond acceptors (Lipinski definition) is 5. The Bertz CT molecular complexity index is 576. The van der Waals surface area contributed by atoms with Crippen LogP contribution in [0.1, 0.15) is 18.9 Å². The first-order valence-corrected chi connectivity index (χ1v) is 7.81. The summed E-state index contributed by atoms with van der Waals surface area (Å²) in [4.78, 5) is 0. The molecule has 0 unspecified atom stereocenters. The van der Waals surface area contributed by atoms with Crippen LogP contribution in [0.4, 0.5) is 4.39 Å². The molecule has 1 aromatic heterocycles. The minimum Gasteiger partial charge on any atom is -0.430 e. The molecular formula is C13H15BrFN3OS. The molecule has 0 atom stereocenters. The first-order valence-electron chi connectivity index (χ1n) is 6.20. The van der Waals surface area contributed by atoms with Gasteiger partial charge in [-0.2, -0.15) is 0 Å². The second-order valence-electron chi connectivity index (χ2n) is 4.66. The average molecular weight is 360 g/mol. The summed E-state index contributed by atoms with van der Waals surface area (Å²) < 4.78 is 19.2. The number of ether oxygens (including phenoxy) is 1. The second kappa shape index (κ2) is 7.10. The SMILES string of the molecule is CC(C)CNCc1nnc(Oc2ccc(Br)c(F)c2)s1. The van der Waals surface area contributed by atoms with Gasteiger partial charge in [0.1, 0.15) is 16.6 Å². The Hall–Kier alpha value is -1.05. The van der Waals surface area contributed by atoms with Crippen LogP contribution in [0.3, 0.4) is 0 Å². The van der Waals surface area contributed by atoms with E-state index in [2.05, 4.69) is 45.3 Å². The van der Waals surface area contributed by atoms with Crippen LogP contribution < -0.4 is 10.1 Å². The maximum absolute atomic E-state index is 13.4. The lowest BCUT2D eigenvalue weighted by molar-refractivity contribution is 0.467. The Balaban J connectivity index is 1.93. The zero-order valence-corrected chi connectivity index (χ0v) is 13.6. The third-order valence-corrected chi connectivity index (χ3v) is 3.82. The molecule has 0 bridgehead atoms. The van der Waals surface area contributed by atoms with E-state index in [1.165, 1.54) is 17.4 Å².